The summed E-state index contributed by atoms with van der Waals surface area (Å²) in [6, 6.07) is 3.17. The lowest BCUT2D eigenvalue weighted by atomic mass is 10.3. The van der Waals surface area contributed by atoms with Gasteiger partial charge in [0.2, 0.25) is 5.91 Å². The molecule has 0 aliphatic heterocycles. The second kappa shape index (κ2) is 8.91. The monoisotopic (exact) mass is 412 g/mol. The number of hydrogen-bond acceptors (Lipinski definition) is 7. The fourth-order valence-electron chi connectivity index (χ4n) is 2.59. The van der Waals surface area contributed by atoms with E-state index in [4.69, 9.17) is 10.2 Å². The van der Waals surface area contributed by atoms with E-state index in [2.05, 4.69) is 4.98 Å². The Morgan fingerprint density at radius 1 is 1.32 bits per heavy atom. The maximum absolute atomic E-state index is 12.8. The lowest BCUT2D eigenvalue weighted by molar-refractivity contribution is -0.116. The number of amides is 1. The van der Waals surface area contributed by atoms with Gasteiger partial charge in [0, 0.05) is 12.3 Å². The summed E-state index contributed by atoms with van der Waals surface area (Å²) in [5, 5.41) is 0. The van der Waals surface area contributed by atoms with Crippen molar-refractivity contribution in [2.75, 3.05) is 22.1 Å². The molecule has 154 valence electrons. The number of nitrogens with zero attached hydrogens (tertiary/aromatic N) is 2. The molecule has 0 spiro atoms. The standard InChI is InChI=1S/C17H24N4O6S/c1-3-5-8-20-15(18)14(16(23)19-17(20)24)21(10-12-7-6-9-27-12)13(22)11-28(25,26)4-2/h6-7,9H,3-5,8,10-11,18H2,1-2H3,(H,19,23,24). The summed E-state index contributed by atoms with van der Waals surface area (Å²) in [6.07, 6.45) is 2.80. The first-order valence-corrected chi connectivity index (χ1v) is 10.7. The number of carbonyl (C=O) groups excluding carboxylic acids is 1. The Morgan fingerprint density at radius 2 is 2.04 bits per heavy atom. The Bertz CT molecular complexity index is 1040. The van der Waals surface area contributed by atoms with Crippen LogP contribution in [0.5, 0.6) is 0 Å². The molecule has 0 aliphatic rings. The van der Waals surface area contributed by atoms with Gasteiger partial charge in [-0.05, 0) is 18.6 Å². The van der Waals surface area contributed by atoms with Gasteiger partial charge >= 0.3 is 5.69 Å². The van der Waals surface area contributed by atoms with Gasteiger partial charge in [0.15, 0.2) is 15.5 Å². The molecule has 28 heavy (non-hydrogen) atoms. The normalized spacial score (nSPS) is 11.5. The second-order valence-electron chi connectivity index (χ2n) is 6.23. The van der Waals surface area contributed by atoms with Crippen molar-refractivity contribution >= 4 is 27.2 Å². The van der Waals surface area contributed by atoms with Crippen LogP contribution in [0.1, 0.15) is 32.4 Å². The summed E-state index contributed by atoms with van der Waals surface area (Å²) in [6.45, 7) is 3.40. The van der Waals surface area contributed by atoms with Crippen molar-refractivity contribution in [2.24, 2.45) is 0 Å². The summed E-state index contributed by atoms with van der Waals surface area (Å²) < 4.78 is 30.3. The van der Waals surface area contributed by atoms with E-state index in [1.807, 2.05) is 6.92 Å². The fraction of sp³-hybridized carbons (Fsp3) is 0.471. The Labute approximate surface area is 161 Å². The van der Waals surface area contributed by atoms with Gasteiger partial charge in [-0.1, -0.05) is 20.3 Å². The van der Waals surface area contributed by atoms with Crippen LogP contribution < -0.4 is 21.9 Å². The summed E-state index contributed by atoms with van der Waals surface area (Å²) >= 11 is 0. The second-order valence-corrected chi connectivity index (χ2v) is 8.59. The molecule has 2 heterocycles. The number of aromatic nitrogens is 2. The molecule has 2 rings (SSSR count). The molecule has 0 bridgehead atoms. The molecule has 0 saturated carbocycles. The van der Waals surface area contributed by atoms with Gasteiger partial charge in [-0.25, -0.2) is 13.2 Å². The molecular weight excluding hydrogens is 388 g/mol. The van der Waals surface area contributed by atoms with Crippen molar-refractivity contribution in [3.8, 4) is 0 Å². The first-order chi connectivity index (χ1) is 13.2. The smallest absolute Gasteiger partial charge is 0.330 e. The third-order valence-electron chi connectivity index (χ3n) is 4.20. The predicted octanol–water partition coefficient (Wildman–Crippen LogP) is 0.480. The van der Waals surface area contributed by atoms with Gasteiger partial charge < -0.3 is 10.2 Å². The summed E-state index contributed by atoms with van der Waals surface area (Å²) in [4.78, 5) is 40.4. The number of aromatic amines is 1. The lowest BCUT2D eigenvalue weighted by Gasteiger charge is -2.23. The quantitative estimate of drug-likeness (QED) is 0.608. The van der Waals surface area contributed by atoms with Crippen molar-refractivity contribution in [1.82, 2.24) is 9.55 Å². The van der Waals surface area contributed by atoms with Crippen molar-refractivity contribution < 1.29 is 17.6 Å². The molecule has 1 amide bonds. The average Bonchev–Trinajstić information content (AvgIpc) is 3.13. The topological polar surface area (TPSA) is 148 Å². The van der Waals surface area contributed by atoms with Crippen LogP contribution in [0.3, 0.4) is 0 Å². The van der Waals surface area contributed by atoms with Gasteiger partial charge in [0.05, 0.1) is 12.8 Å². The number of H-pyrrole nitrogens is 1. The predicted molar refractivity (Wildman–Crippen MR) is 105 cm³/mol. The highest BCUT2D eigenvalue weighted by Gasteiger charge is 2.28. The Morgan fingerprint density at radius 3 is 2.61 bits per heavy atom. The zero-order valence-electron chi connectivity index (χ0n) is 15.8. The molecule has 0 fully saturated rings. The van der Waals surface area contributed by atoms with E-state index in [0.29, 0.717) is 12.2 Å². The third kappa shape index (κ3) is 4.91. The molecular formula is C17H24N4O6S. The number of nitrogens with two attached hydrogens (primary N) is 1. The van der Waals surface area contributed by atoms with Crippen LogP contribution in [0.4, 0.5) is 11.5 Å². The number of nitrogen functional groups attached to an aromatic ring is 1. The Kier molecular flexibility index (Phi) is 6.84. The minimum Gasteiger partial charge on any atom is -0.467 e. The zero-order valence-corrected chi connectivity index (χ0v) is 16.6. The number of rotatable bonds is 9. The third-order valence-corrected chi connectivity index (χ3v) is 5.76. The minimum absolute atomic E-state index is 0.198. The molecule has 11 heteroatoms. The molecule has 0 aromatic carbocycles. The molecule has 0 aliphatic carbocycles. The molecule has 10 nitrogen and oxygen atoms in total. The van der Waals surface area contributed by atoms with Crippen LogP contribution >= 0.6 is 0 Å². The van der Waals surface area contributed by atoms with Gasteiger partial charge in [0.25, 0.3) is 5.56 Å². The number of sulfone groups is 1. The first kappa shape index (κ1) is 21.5. The van der Waals surface area contributed by atoms with E-state index in [0.717, 1.165) is 15.9 Å². The molecule has 0 saturated heterocycles. The molecule has 2 aromatic rings. The zero-order chi connectivity index (χ0) is 20.9. The van der Waals surface area contributed by atoms with Crippen molar-refractivity contribution in [1.29, 1.82) is 0 Å². The highest BCUT2D eigenvalue weighted by atomic mass is 32.2. The lowest BCUT2D eigenvalue weighted by Crippen LogP contribution is -2.43. The summed E-state index contributed by atoms with van der Waals surface area (Å²) in [5.74, 6) is -1.73. The highest BCUT2D eigenvalue weighted by Crippen LogP contribution is 2.21. The van der Waals surface area contributed by atoms with E-state index in [9.17, 15) is 22.8 Å². The van der Waals surface area contributed by atoms with Crippen LogP contribution in [0.25, 0.3) is 0 Å². The van der Waals surface area contributed by atoms with Crippen LogP contribution in [0.15, 0.2) is 32.4 Å². The van der Waals surface area contributed by atoms with E-state index >= 15 is 0 Å². The number of hydrogen-bond donors (Lipinski definition) is 2. The average molecular weight is 412 g/mol. The van der Waals surface area contributed by atoms with Crippen molar-refractivity contribution in [3.63, 3.8) is 0 Å². The number of anilines is 2. The van der Waals surface area contributed by atoms with Crippen LogP contribution in [0, 0.1) is 0 Å². The van der Waals surface area contributed by atoms with Crippen LogP contribution in [-0.2, 0) is 27.7 Å². The maximum Gasteiger partial charge on any atom is 0.330 e. The SMILES string of the molecule is CCCCn1c(N)c(N(Cc2ccco2)C(=O)CS(=O)(=O)CC)c(=O)[nH]c1=O. The van der Waals surface area contributed by atoms with Crippen LogP contribution in [0.2, 0.25) is 0 Å². The van der Waals surface area contributed by atoms with E-state index in [1.54, 1.807) is 12.1 Å². The maximum atomic E-state index is 12.8. The van der Waals surface area contributed by atoms with Gasteiger partial charge in [-0.3, -0.25) is 24.0 Å². The van der Waals surface area contributed by atoms with E-state index in [1.165, 1.54) is 13.2 Å². The number of unbranched alkanes of at least 4 members (excludes halogenated alkanes) is 1. The van der Waals surface area contributed by atoms with E-state index < -0.39 is 32.7 Å². The van der Waals surface area contributed by atoms with Crippen molar-refractivity contribution in [3.05, 3.63) is 45.0 Å². The largest absolute Gasteiger partial charge is 0.467 e. The number of nitrogens with one attached hydrogen (secondary N) is 1. The van der Waals surface area contributed by atoms with Gasteiger partial charge in [0.1, 0.15) is 17.3 Å². The fourth-order valence-corrected chi connectivity index (χ4v) is 3.33. The summed E-state index contributed by atoms with van der Waals surface area (Å²) in [7, 11) is -3.65. The van der Waals surface area contributed by atoms with Crippen molar-refractivity contribution in [2.45, 2.75) is 39.8 Å². The van der Waals surface area contributed by atoms with Gasteiger partial charge in [-0.15, -0.1) is 0 Å². The summed E-state index contributed by atoms with van der Waals surface area (Å²) in [5.41, 5.74) is 4.22. The Balaban J connectivity index is 2.58. The first-order valence-electron chi connectivity index (χ1n) is 8.86. The molecule has 0 atom stereocenters. The molecule has 0 radical (unpaired) electrons. The molecule has 0 unspecified atom stereocenters. The van der Waals surface area contributed by atoms with Crippen LogP contribution in [-0.4, -0.2) is 35.4 Å². The highest BCUT2D eigenvalue weighted by molar-refractivity contribution is 7.92. The minimum atomic E-state index is -3.65. The number of carbonyl (C=O) groups is 1. The molecule has 3 N–H and O–H groups in total. The molecule has 2 aromatic heterocycles. The Hall–Kier alpha value is -2.82. The van der Waals surface area contributed by atoms with Gasteiger partial charge in [-0.2, -0.15) is 0 Å². The number of furan rings is 1. The van der Waals surface area contributed by atoms with E-state index in [-0.39, 0.29) is 30.3 Å².